The van der Waals surface area contributed by atoms with Crippen LogP contribution in [0.15, 0.2) is 0 Å². The summed E-state index contributed by atoms with van der Waals surface area (Å²) in [7, 11) is 0. The van der Waals surface area contributed by atoms with E-state index in [4.69, 9.17) is 0 Å². The largest absolute Gasteiger partial charge is 2.00 e. The van der Waals surface area contributed by atoms with Crippen molar-refractivity contribution in [2.24, 2.45) is 0 Å². The summed E-state index contributed by atoms with van der Waals surface area (Å²) in [6, 6.07) is -0.961. The quantitative estimate of drug-likeness (QED) is 0.295. The molecule has 0 aliphatic heterocycles. The van der Waals surface area contributed by atoms with Gasteiger partial charge in [0.15, 0.2) is 0 Å². The molecule has 0 amide bonds. The monoisotopic (exact) mass is 339 g/mol. The van der Waals surface area contributed by atoms with Gasteiger partial charge in [-0.3, -0.25) is 14.9 Å². The third kappa shape index (κ3) is 8.45. The number of carbonyl (C=O) groups is 1. The van der Waals surface area contributed by atoms with Crippen LogP contribution in [-0.2, 0) is 4.79 Å². The van der Waals surface area contributed by atoms with Crippen molar-refractivity contribution < 1.29 is 9.72 Å². The van der Waals surface area contributed by atoms with Crippen LogP contribution in [0.1, 0.15) is 52.4 Å². The molecule has 0 rings (SSSR count). The summed E-state index contributed by atoms with van der Waals surface area (Å²) < 4.78 is 0. The van der Waals surface area contributed by atoms with Gasteiger partial charge >= 0.3 is 48.9 Å². The van der Waals surface area contributed by atoms with E-state index in [-0.39, 0.29) is 54.7 Å². The molecular weight excluding hydrogens is 319 g/mol. The van der Waals surface area contributed by atoms with Gasteiger partial charge in [0.25, 0.3) is 6.04 Å². The van der Waals surface area contributed by atoms with Crippen LogP contribution in [0, 0.1) is 10.1 Å². The van der Waals surface area contributed by atoms with Crippen LogP contribution in [0.25, 0.3) is 0 Å². The number of hydrogen-bond donors (Lipinski definition) is 0. The van der Waals surface area contributed by atoms with E-state index in [1.54, 1.807) is 0 Å². The number of nitrogens with zero attached hydrogens (tertiary/aromatic N) is 1. The molecule has 0 aromatic rings. The van der Waals surface area contributed by atoms with Gasteiger partial charge in [0, 0.05) is 17.8 Å². The summed E-state index contributed by atoms with van der Waals surface area (Å²) in [5, 5.41) is 10.5. The average molecular weight is 339 g/mol. The molecule has 0 bridgehead atoms. The van der Waals surface area contributed by atoms with Crippen molar-refractivity contribution in [2.75, 3.05) is 0 Å². The van der Waals surface area contributed by atoms with E-state index >= 15 is 0 Å². The van der Waals surface area contributed by atoms with Crippen LogP contribution in [0.2, 0.25) is 0 Å². The van der Waals surface area contributed by atoms with Gasteiger partial charge in [-0.1, -0.05) is 26.7 Å². The molecule has 4 nitrogen and oxygen atoms in total. The number of Topliss-reactive ketones (excluding diaryl/α,β-unsaturated/α-hetero) is 1. The molecule has 15 heavy (non-hydrogen) atoms. The molecule has 0 aromatic heterocycles. The minimum atomic E-state index is -0.961. The van der Waals surface area contributed by atoms with Gasteiger partial charge in [0.2, 0.25) is 5.78 Å². The Morgan fingerprint density at radius 2 is 1.87 bits per heavy atom. The zero-order valence-electron chi connectivity index (χ0n) is 9.70. The smallest absolute Gasteiger partial charge is 0.292 e. The molecule has 1 unspecified atom stereocenters. The van der Waals surface area contributed by atoms with Crippen LogP contribution in [0.3, 0.4) is 0 Å². The number of rotatable bonds is 8. The molecule has 0 spiro atoms. The molecule has 0 N–H and O–H groups in total. The summed E-state index contributed by atoms with van der Waals surface area (Å²) in [6.07, 6.45) is 4.21. The molecule has 0 aliphatic carbocycles. The van der Waals surface area contributed by atoms with E-state index in [1.165, 1.54) is 0 Å². The predicted molar refractivity (Wildman–Crippen MR) is 60.6 cm³/mol. The standard InChI is InChI=1S/C10H19NO3.Ba/c1-3-5-6-8-10(12)9(7-4-2)11(13)14;/h9H,3-8H2,1-2H3;/q;+2. The van der Waals surface area contributed by atoms with E-state index in [2.05, 4.69) is 0 Å². The molecule has 0 aliphatic rings. The van der Waals surface area contributed by atoms with Gasteiger partial charge in [-0.15, -0.1) is 0 Å². The Labute approximate surface area is 131 Å². The molecule has 0 aromatic carbocycles. The van der Waals surface area contributed by atoms with Crippen molar-refractivity contribution in [1.82, 2.24) is 0 Å². The Morgan fingerprint density at radius 1 is 1.27 bits per heavy atom. The molecule has 0 radical (unpaired) electrons. The first-order valence-electron chi connectivity index (χ1n) is 5.29. The summed E-state index contributed by atoms with van der Waals surface area (Å²) in [5.41, 5.74) is 0. The fraction of sp³-hybridized carbons (Fsp3) is 0.900. The zero-order valence-corrected chi connectivity index (χ0v) is 14.1. The summed E-state index contributed by atoms with van der Waals surface area (Å²) >= 11 is 0. The topological polar surface area (TPSA) is 60.2 Å². The first-order valence-corrected chi connectivity index (χ1v) is 5.29. The Bertz CT molecular complexity index is 197. The van der Waals surface area contributed by atoms with Crippen molar-refractivity contribution in [3.63, 3.8) is 0 Å². The molecule has 0 heterocycles. The maximum absolute atomic E-state index is 11.4. The van der Waals surface area contributed by atoms with Gasteiger partial charge in [-0.25, -0.2) is 0 Å². The molecule has 5 heteroatoms. The Morgan fingerprint density at radius 3 is 2.27 bits per heavy atom. The Kier molecular flexibility index (Phi) is 13.4. The summed E-state index contributed by atoms with van der Waals surface area (Å²) in [4.78, 5) is 21.5. The third-order valence-corrected chi connectivity index (χ3v) is 2.21. The van der Waals surface area contributed by atoms with Crippen molar-refractivity contribution in [2.45, 2.75) is 58.4 Å². The van der Waals surface area contributed by atoms with Crippen molar-refractivity contribution in [3.8, 4) is 0 Å². The maximum atomic E-state index is 11.4. The maximum Gasteiger partial charge on any atom is 2.00 e. The van der Waals surface area contributed by atoms with E-state index in [0.29, 0.717) is 19.3 Å². The minimum absolute atomic E-state index is 0. The first-order chi connectivity index (χ1) is 6.63. The Hall–Kier alpha value is 0.641. The predicted octanol–water partition coefficient (Wildman–Crippen LogP) is 2.20. The second kappa shape index (κ2) is 11.1. The average Bonchev–Trinajstić information content (AvgIpc) is 2.13. The van der Waals surface area contributed by atoms with Crippen molar-refractivity contribution in [1.29, 1.82) is 0 Å². The second-order valence-electron chi connectivity index (χ2n) is 3.51. The van der Waals surface area contributed by atoms with E-state index in [9.17, 15) is 14.9 Å². The van der Waals surface area contributed by atoms with E-state index < -0.39 is 11.0 Å². The van der Waals surface area contributed by atoms with Gasteiger partial charge < -0.3 is 0 Å². The number of unbranched alkanes of at least 4 members (excludes halogenated alkanes) is 2. The van der Waals surface area contributed by atoms with Crippen LogP contribution >= 0.6 is 0 Å². The SMILES string of the molecule is CCCCCC(=O)C(CCC)[N+](=O)[O-].[Ba+2]. The van der Waals surface area contributed by atoms with E-state index in [0.717, 1.165) is 19.3 Å². The Balaban J connectivity index is 0. The second-order valence-corrected chi connectivity index (χ2v) is 3.51. The summed E-state index contributed by atoms with van der Waals surface area (Å²) in [5.74, 6) is -0.203. The van der Waals surface area contributed by atoms with Crippen molar-refractivity contribution >= 4 is 54.7 Å². The fourth-order valence-electron chi connectivity index (χ4n) is 1.37. The van der Waals surface area contributed by atoms with Gasteiger partial charge in [-0.2, -0.15) is 0 Å². The molecule has 0 saturated heterocycles. The molecule has 1 atom stereocenters. The molecular formula is C10H19BaNO3+2. The zero-order chi connectivity index (χ0) is 11.0. The fourth-order valence-corrected chi connectivity index (χ4v) is 1.37. The molecule has 0 saturated carbocycles. The van der Waals surface area contributed by atoms with Gasteiger partial charge in [0.1, 0.15) is 0 Å². The number of nitro groups is 1. The summed E-state index contributed by atoms with van der Waals surface area (Å²) in [6.45, 7) is 3.90. The van der Waals surface area contributed by atoms with Gasteiger partial charge in [-0.05, 0) is 12.8 Å². The first kappa shape index (κ1) is 18.0. The van der Waals surface area contributed by atoms with Crippen LogP contribution in [0.4, 0.5) is 0 Å². The minimum Gasteiger partial charge on any atom is -0.292 e. The van der Waals surface area contributed by atoms with Crippen LogP contribution < -0.4 is 0 Å². The van der Waals surface area contributed by atoms with Crippen LogP contribution in [-0.4, -0.2) is 65.6 Å². The van der Waals surface area contributed by atoms with Crippen molar-refractivity contribution in [3.05, 3.63) is 10.1 Å². The van der Waals surface area contributed by atoms with Gasteiger partial charge in [0.05, 0.1) is 0 Å². The van der Waals surface area contributed by atoms with E-state index in [1.807, 2.05) is 13.8 Å². The molecule has 0 fully saturated rings. The number of ketones is 1. The number of carbonyl (C=O) groups excluding carboxylic acids is 1. The van der Waals surface area contributed by atoms with Crippen LogP contribution in [0.5, 0.6) is 0 Å². The molecule has 82 valence electrons. The number of hydrogen-bond acceptors (Lipinski definition) is 3. The normalized spacial score (nSPS) is 11.6. The third-order valence-electron chi connectivity index (χ3n) is 2.21.